The Labute approximate surface area is 120 Å². The van der Waals surface area contributed by atoms with Crippen molar-refractivity contribution in [3.05, 3.63) is 59.4 Å². The van der Waals surface area contributed by atoms with Crippen LogP contribution in [0.15, 0.2) is 42.6 Å². The first-order chi connectivity index (χ1) is 10.1. The van der Waals surface area contributed by atoms with Crippen LogP contribution in [-0.4, -0.2) is 22.0 Å². The molecule has 0 atom stereocenters. The molecule has 2 N–H and O–H groups in total. The van der Waals surface area contributed by atoms with Crippen molar-refractivity contribution >= 4 is 17.6 Å². The highest BCUT2D eigenvalue weighted by Gasteiger charge is 2.09. The molecule has 0 bridgehead atoms. The zero-order valence-electron chi connectivity index (χ0n) is 10.9. The second-order valence-corrected chi connectivity index (χ2v) is 4.22. The Hall–Kier alpha value is -3.20. The number of rotatable bonds is 4. The van der Waals surface area contributed by atoms with Crippen LogP contribution in [-0.2, 0) is 6.42 Å². The van der Waals surface area contributed by atoms with E-state index in [0.717, 1.165) is 5.56 Å². The highest BCUT2D eigenvalue weighted by molar-refractivity contribution is 6.04. The Morgan fingerprint density at radius 2 is 1.90 bits per heavy atom. The number of carbonyl (C=O) groups excluding carboxylic acids is 1. The van der Waals surface area contributed by atoms with E-state index >= 15 is 0 Å². The largest absolute Gasteiger partial charge is 0.477 e. The molecule has 0 fully saturated rings. The zero-order chi connectivity index (χ0) is 15.2. The number of amides is 1. The van der Waals surface area contributed by atoms with Crippen LogP contribution in [0.2, 0.25) is 0 Å². The van der Waals surface area contributed by atoms with E-state index in [0.29, 0.717) is 12.1 Å². The Kier molecular flexibility index (Phi) is 4.26. The zero-order valence-corrected chi connectivity index (χ0v) is 10.9. The quantitative estimate of drug-likeness (QED) is 0.893. The molecule has 21 heavy (non-hydrogen) atoms. The summed E-state index contributed by atoms with van der Waals surface area (Å²) in [5.41, 5.74) is 1.60. The van der Waals surface area contributed by atoms with Gasteiger partial charge in [-0.15, -0.1) is 0 Å². The van der Waals surface area contributed by atoms with Crippen molar-refractivity contribution in [3.63, 3.8) is 0 Å². The van der Waals surface area contributed by atoms with Crippen molar-refractivity contribution in [3.8, 4) is 6.07 Å². The number of hydrogen-bond donors (Lipinski definition) is 2. The normalized spacial score (nSPS) is 9.67. The minimum Gasteiger partial charge on any atom is -0.477 e. The van der Waals surface area contributed by atoms with E-state index in [1.54, 1.807) is 24.3 Å². The Morgan fingerprint density at radius 3 is 2.43 bits per heavy atom. The lowest BCUT2D eigenvalue weighted by atomic mass is 10.1. The smallest absolute Gasteiger partial charge is 0.354 e. The summed E-state index contributed by atoms with van der Waals surface area (Å²) >= 11 is 0. The van der Waals surface area contributed by atoms with Gasteiger partial charge < -0.3 is 10.4 Å². The third kappa shape index (κ3) is 3.64. The molecule has 0 aliphatic rings. The van der Waals surface area contributed by atoms with Crippen LogP contribution < -0.4 is 5.32 Å². The fourth-order valence-electron chi connectivity index (χ4n) is 1.66. The maximum absolute atomic E-state index is 12.0. The molecule has 0 radical (unpaired) electrons. The maximum Gasteiger partial charge on any atom is 0.354 e. The van der Waals surface area contributed by atoms with Crippen LogP contribution in [0.3, 0.4) is 0 Å². The molecule has 0 unspecified atom stereocenters. The minimum atomic E-state index is -1.14. The molecule has 2 aromatic rings. The van der Waals surface area contributed by atoms with E-state index in [1.165, 1.54) is 18.3 Å². The summed E-state index contributed by atoms with van der Waals surface area (Å²) in [6.07, 6.45) is 1.53. The van der Waals surface area contributed by atoms with Crippen LogP contribution in [0.5, 0.6) is 0 Å². The van der Waals surface area contributed by atoms with E-state index in [1.807, 2.05) is 6.07 Å². The van der Waals surface area contributed by atoms with Crippen LogP contribution in [0.1, 0.15) is 26.4 Å². The molecular weight excluding hydrogens is 270 g/mol. The number of nitrogens with zero attached hydrogens (tertiary/aromatic N) is 2. The van der Waals surface area contributed by atoms with Crippen LogP contribution in [0.25, 0.3) is 0 Å². The van der Waals surface area contributed by atoms with Crippen molar-refractivity contribution in [1.82, 2.24) is 4.98 Å². The van der Waals surface area contributed by atoms with Crippen LogP contribution >= 0.6 is 0 Å². The number of carbonyl (C=O) groups is 2. The first-order valence-corrected chi connectivity index (χ1v) is 6.07. The molecule has 1 aromatic carbocycles. The average molecular weight is 281 g/mol. The number of anilines is 1. The van der Waals surface area contributed by atoms with Gasteiger partial charge in [0.05, 0.1) is 18.1 Å². The van der Waals surface area contributed by atoms with Crippen LogP contribution in [0.4, 0.5) is 5.69 Å². The van der Waals surface area contributed by atoms with Gasteiger partial charge in [-0.25, -0.2) is 9.78 Å². The molecule has 2 rings (SSSR count). The van der Waals surface area contributed by atoms with Gasteiger partial charge in [0.2, 0.25) is 0 Å². The van der Waals surface area contributed by atoms with Crippen molar-refractivity contribution < 1.29 is 14.7 Å². The number of pyridine rings is 1. The molecule has 0 saturated carbocycles. The maximum atomic E-state index is 12.0. The van der Waals surface area contributed by atoms with E-state index in [9.17, 15) is 9.59 Å². The molecule has 0 spiro atoms. The monoisotopic (exact) mass is 281 g/mol. The summed E-state index contributed by atoms with van der Waals surface area (Å²) in [6, 6.07) is 11.6. The lowest BCUT2D eigenvalue weighted by Gasteiger charge is -2.05. The third-order valence-corrected chi connectivity index (χ3v) is 2.74. The second-order valence-electron chi connectivity index (χ2n) is 4.22. The molecule has 6 nitrogen and oxygen atoms in total. The summed E-state index contributed by atoms with van der Waals surface area (Å²) in [5, 5.41) is 20.0. The van der Waals surface area contributed by atoms with E-state index in [4.69, 9.17) is 10.4 Å². The first-order valence-electron chi connectivity index (χ1n) is 6.07. The number of hydrogen-bond acceptors (Lipinski definition) is 4. The Morgan fingerprint density at radius 1 is 1.19 bits per heavy atom. The molecule has 1 heterocycles. The first kappa shape index (κ1) is 14.2. The highest BCUT2D eigenvalue weighted by atomic mass is 16.4. The molecular formula is C15H11N3O3. The predicted octanol–water partition coefficient (Wildman–Crippen LogP) is 2.10. The van der Waals surface area contributed by atoms with Gasteiger partial charge in [0.25, 0.3) is 5.91 Å². The highest BCUT2D eigenvalue weighted by Crippen LogP contribution is 2.11. The second kappa shape index (κ2) is 6.30. The number of aromatic carboxylic acids is 1. The summed E-state index contributed by atoms with van der Waals surface area (Å²) in [5.74, 6) is -1.53. The molecule has 6 heteroatoms. The fourth-order valence-corrected chi connectivity index (χ4v) is 1.66. The van der Waals surface area contributed by atoms with Gasteiger partial charge in [-0.1, -0.05) is 12.1 Å². The lowest BCUT2D eigenvalue weighted by Crippen LogP contribution is -2.13. The van der Waals surface area contributed by atoms with Gasteiger partial charge in [-0.05, 0) is 29.8 Å². The molecule has 104 valence electrons. The van der Waals surface area contributed by atoms with Gasteiger partial charge in [0.1, 0.15) is 5.69 Å². The fraction of sp³-hybridized carbons (Fsp3) is 0.0667. The summed E-state index contributed by atoms with van der Waals surface area (Å²) < 4.78 is 0. The lowest BCUT2D eigenvalue weighted by molar-refractivity contribution is 0.0690. The number of carboxylic acid groups (broad SMARTS) is 1. The van der Waals surface area contributed by atoms with Crippen molar-refractivity contribution in [2.75, 3.05) is 5.32 Å². The van der Waals surface area contributed by atoms with Gasteiger partial charge in [-0.2, -0.15) is 5.26 Å². The van der Waals surface area contributed by atoms with Gasteiger partial charge >= 0.3 is 5.97 Å². The Bertz CT molecular complexity index is 700. The van der Waals surface area contributed by atoms with E-state index in [2.05, 4.69) is 10.3 Å². The molecule has 0 aliphatic heterocycles. The summed E-state index contributed by atoms with van der Waals surface area (Å²) in [4.78, 5) is 26.3. The van der Waals surface area contributed by atoms with E-state index < -0.39 is 5.97 Å². The minimum absolute atomic E-state index is 0.118. The van der Waals surface area contributed by atoms with Crippen molar-refractivity contribution in [2.45, 2.75) is 6.42 Å². The summed E-state index contributed by atoms with van der Waals surface area (Å²) in [7, 11) is 0. The van der Waals surface area contributed by atoms with Gasteiger partial charge in [0.15, 0.2) is 0 Å². The topological polar surface area (TPSA) is 103 Å². The van der Waals surface area contributed by atoms with Crippen LogP contribution in [0, 0.1) is 11.3 Å². The van der Waals surface area contributed by atoms with E-state index in [-0.39, 0.29) is 17.2 Å². The number of nitrogens with one attached hydrogen (secondary N) is 1. The summed E-state index contributed by atoms with van der Waals surface area (Å²) in [6.45, 7) is 0. The number of aromatic nitrogens is 1. The number of carboxylic acids is 1. The van der Waals surface area contributed by atoms with Crippen molar-refractivity contribution in [1.29, 1.82) is 5.26 Å². The van der Waals surface area contributed by atoms with Gasteiger partial charge in [-0.3, -0.25) is 4.79 Å². The standard InChI is InChI=1S/C15H11N3O3/c16-8-7-10-1-4-12(5-2-10)18-14(19)11-3-6-13(15(20)21)17-9-11/h1-6,9H,7H2,(H,18,19)(H,20,21). The van der Waals surface area contributed by atoms with Gasteiger partial charge in [0, 0.05) is 11.9 Å². The SMILES string of the molecule is N#CCc1ccc(NC(=O)c2ccc(C(=O)O)nc2)cc1. The molecule has 0 aliphatic carbocycles. The van der Waals surface area contributed by atoms with Crippen molar-refractivity contribution in [2.24, 2.45) is 0 Å². The third-order valence-electron chi connectivity index (χ3n) is 2.74. The number of nitriles is 1. The molecule has 0 saturated heterocycles. The molecule has 1 amide bonds. The average Bonchev–Trinajstić information content (AvgIpc) is 2.49. The Balaban J connectivity index is 2.07. The molecule has 1 aromatic heterocycles. The number of benzene rings is 1. The predicted molar refractivity (Wildman–Crippen MR) is 74.9 cm³/mol.